The van der Waals surface area contributed by atoms with Gasteiger partial charge in [0, 0.05) is 45.5 Å². The van der Waals surface area contributed by atoms with Gasteiger partial charge in [0.1, 0.15) is 5.69 Å². The highest BCUT2D eigenvalue weighted by Gasteiger charge is 2.24. The smallest absolute Gasteiger partial charge is 0.272 e. The van der Waals surface area contributed by atoms with Gasteiger partial charge in [0.05, 0.1) is 0 Å². The summed E-state index contributed by atoms with van der Waals surface area (Å²) in [5.41, 5.74) is 0.460. The maximum atomic E-state index is 12.6. The molecular weight excluding hydrogens is 294 g/mol. The van der Waals surface area contributed by atoms with Crippen molar-refractivity contribution in [3.8, 4) is 0 Å². The van der Waals surface area contributed by atoms with Crippen molar-refractivity contribution in [1.82, 2.24) is 19.8 Å². The number of anilines is 1. The van der Waals surface area contributed by atoms with Crippen LogP contribution in [0.25, 0.3) is 0 Å². The standard InChI is InChI=1S/C16H23N5O2/c1-13-3-2-6-21(11-13)15(23)14-4-5-17-16(18-14)20-9-7-19(12-22)8-10-20/h4-5,12-13H,2-3,6-11H2,1H3. The van der Waals surface area contributed by atoms with E-state index in [1.54, 1.807) is 17.2 Å². The summed E-state index contributed by atoms with van der Waals surface area (Å²) in [5.74, 6) is 1.11. The molecule has 0 N–H and O–H groups in total. The number of hydrogen-bond donors (Lipinski definition) is 0. The first-order valence-electron chi connectivity index (χ1n) is 8.24. The Labute approximate surface area is 136 Å². The predicted octanol–water partition coefficient (Wildman–Crippen LogP) is 0.627. The Morgan fingerprint density at radius 1 is 1.26 bits per heavy atom. The van der Waals surface area contributed by atoms with Gasteiger partial charge in [0.25, 0.3) is 5.91 Å². The molecule has 7 nitrogen and oxygen atoms in total. The van der Waals surface area contributed by atoms with Crippen LogP contribution >= 0.6 is 0 Å². The second-order valence-corrected chi connectivity index (χ2v) is 6.37. The van der Waals surface area contributed by atoms with Gasteiger partial charge >= 0.3 is 0 Å². The van der Waals surface area contributed by atoms with Crippen LogP contribution in [0.1, 0.15) is 30.3 Å². The van der Waals surface area contributed by atoms with Crippen molar-refractivity contribution in [2.45, 2.75) is 19.8 Å². The first-order valence-corrected chi connectivity index (χ1v) is 8.24. The Kier molecular flexibility index (Phi) is 4.73. The van der Waals surface area contributed by atoms with Gasteiger partial charge in [-0.3, -0.25) is 9.59 Å². The number of hydrogen-bond acceptors (Lipinski definition) is 5. The van der Waals surface area contributed by atoms with Crippen molar-refractivity contribution in [3.05, 3.63) is 18.0 Å². The van der Waals surface area contributed by atoms with Crippen LogP contribution in [-0.4, -0.2) is 71.4 Å². The maximum Gasteiger partial charge on any atom is 0.272 e. The van der Waals surface area contributed by atoms with Crippen LogP contribution in [0.4, 0.5) is 5.95 Å². The molecule has 7 heteroatoms. The van der Waals surface area contributed by atoms with E-state index in [4.69, 9.17) is 0 Å². The van der Waals surface area contributed by atoms with E-state index in [1.165, 1.54) is 6.42 Å². The second kappa shape index (κ2) is 6.93. The Balaban J connectivity index is 1.69. The van der Waals surface area contributed by atoms with Crippen molar-refractivity contribution >= 4 is 18.3 Å². The Hall–Kier alpha value is -2.18. The number of nitrogens with zero attached hydrogens (tertiary/aromatic N) is 5. The number of carbonyl (C=O) groups is 2. The van der Waals surface area contributed by atoms with Gasteiger partial charge < -0.3 is 14.7 Å². The van der Waals surface area contributed by atoms with Crippen molar-refractivity contribution in [1.29, 1.82) is 0 Å². The van der Waals surface area contributed by atoms with Crippen LogP contribution in [-0.2, 0) is 4.79 Å². The number of likely N-dealkylation sites (tertiary alicyclic amines) is 1. The summed E-state index contributed by atoms with van der Waals surface area (Å²) < 4.78 is 0. The van der Waals surface area contributed by atoms with Crippen LogP contribution < -0.4 is 4.90 Å². The summed E-state index contributed by atoms with van der Waals surface area (Å²) in [6.45, 7) is 6.49. The lowest BCUT2D eigenvalue weighted by atomic mass is 10.00. The molecule has 2 aliphatic rings. The highest BCUT2D eigenvalue weighted by Crippen LogP contribution is 2.18. The monoisotopic (exact) mass is 317 g/mol. The molecule has 2 amide bonds. The largest absolute Gasteiger partial charge is 0.342 e. The van der Waals surface area contributed by atoms with E-state index in [1.807, 2.05) is 9.80 Å². The average molecular weight is 317 g/mol. The molecule has 1 atom stereocenters. The molecule has 3 heterocycles. The van der Waals surface area contributed by atoms with E-state index in [0.717, 1.165) is 25.9 Å². The van der Waals surface area contributed by atoms with E-state index < -0.39 is 0 Å². The van der Waals surface area contributed by atoms with Crippen LogP contribution in [0, 0.1) is 5.92 Å². The number of amides is 2. The molecular formula is C16H23N5O2. The molecule has 0 radical (unpaired) electrons. The van der Waals surface area contributed by atoms with Crippen LogP contribution in [0.15, 0.2) is 12.3 Å². The lowest BCUT2D eigenvalue weighted by Gasteiger charge is -2.33. The molecule has 0 spiro atoms. The third kappa shape index (κ3) is 3.60. The van der Waals surface area contributed by atoms with Crippen LogP contribution in [0.2, 0.25) is 0 Å². The highest BCUT2D eigenvalue weighted by atomic mass is 16.2. The molecule has 2 fully saturated rings. The van der Waals surface area contributed by atoms with Gasteiger partial charge in [-0.25, -0.2) is 9.97 Å². The molecule has 1 aromatic rings. The van der Waals surface area contributed by atoms with E-state index in [2.05, 4.69) is 16.9 Å². The summed E-state index contributed by atoms with van der Waals surface area (Å²) in [4.78, 5) is 37.8. The van der Waals surface area contributed by atoms with Gasteiger partial charge in [-0.15, -0.1) is 0 Å². The van der Waals surface area contributed by atoms with Crippen LogP contribution in [0.5, 0.6) is 0 Å². The van der Waals surface area contributed by atoms with Crippen molar-refractivity contribution in [2.24, 2.45) is 5.92 Å². The lowest BCUT2D eigenvalue weighted by molar-refractivity contribution is -0.118. The van der Waals surface area contributed by atoms with Gasteiger partial charge in [0.15, 0.2) is 0 Å². The minimum Gasteiger partial charge on any atom is -0.342 e. The third-order valence-electron chi connectivity index (χ3n) is 4.55. The summed E-state index contributed by atoms with van der Waals surface area (Å²) in [6.07, 6.45) is 4.75. The van der Waals surface area contributed by atoms with Gasteiger partial charge in [-0.05, 0) is 24.8 Å². The molecule has 1 aromatic heterocycles. The zero-order valence-corrected chi connectivity index (χ0v) is 13.5. The Morgan fingerprint density at radius 2 is 2.04 bits per heavy atom. The van der Waals surface area contributed by atoms with Crippen molar-refractivity contribution in [2.75, 3.05) is 44.2 Å². The molecule has 124 valence electrons. The fourth-order valence-electron chi connectivity index (χ4n) is 3.18. The van der Waals surface area contributed by atoms with E-state index in [-0.39, 0.29) is 5.91 Å². The summed E-state index contributed by atoms with van der Waals surface area (Å²) in [5, 5.41) is 0. The third-order valence-corrected chi connectivity index (χ3v) is 4.55. The normalized spacial score (nSPS) is 22.1. The number of piperidine rings is 1. The SMILES string of the molecule is CC1CCCN(C(=O)c2ccnc(N3CCN(C=O)CC3)n2)C1. The number of carbonyl (C=O) groups excluding carboxylic acids is 2. The summed E-state index contributed by atoms with van der Waals surface area (Å²) in [7, 11) is 0. The maximum absolute atomic E-state index is 12.6. The Morgan fingerprint density at radius 3 is 2.74 bits per heavy atom. The molecule has 23 heavy (non-hydrogen) atoms. The molecule has 1 unspecified atom stereocenters. The van der Waals surface area contributed by atoms with Gasteiger partial charge in [0.2, 0.25) is 12.4 Å². The molecule has 0 aliphatic carbocycles. The second-order valence-electron chi connectivity index (χ2n) is 6.37. The topological polar surface area (TPSA) is 69.6 Å². The first-order chi connectivity index (χ1) is 11.2. The molecule has 2 saturated heterocycles. The first kappa shape index (κ1) is 15.7. The molecule has 3 rings (SSSR count). The van der Waals surface area contributed by atoms with E-state index in [9.17, 15) is 9.59 Å². The summed E-state index contributed by atoms with van der Waals surface area (Å²) >= 11 is 0. The number of aromatic nitrogens is 2. The molecule has 0 aromatic carbocycles. The van der Waals surface area contributed by atoms with Crippen molar-refractivity contribution < 1.29 is 9.59 Å². The molecule has 0 bridgehead atoms. The van der Waals surface area contributed by atoms with Gasteiger partial charge in [-0.2, -0.15) is 0 Å². The minimum atomic E-state index is -0.00766. The average Bonchev–Trinajstić information content (AvgIpc) is 2.61. The highest BCUT2D eigenvalue weighted by molar-refractivity contribution is 5.92. The van der Waals surface area contributed by atoms with E-state index >= 15 is 0 Å². The fraction of sp³-hybridized carbons (Fsp3) is 0.625. The predicted molar refractivity (Wildman–Crippen MR) is 86.2 cm³/mol. The molecule has 0 saturated carbocycles. The summed E-state index contributed by atoms with van der Waals surface area (Å²) in [6, 6.07) is 1.69. The number of rotatable bonds is 3. The zero-order chi connectivity index (χ0) is 16.2. The number of piperazine rings is 1. The zero-order valence-electron chi connectivity index (χ0n) is 13.5. The van der Waals surface area contributed by atoms with Crippen LogP contribution in [0.3, 0.4) is 0 Å². The van der Waals surface area contributed by atoms with Crippen molar-refractivity contribution in [3.63, 3.8) is 0 Å². The molecule has 2 aliphatic heterocycles. The van der Waals surface area contributed by atoms with E-state index in [0.29, 0.717) is 43.7 Å². The quantitative estimate of drug-likeness (QED) is 0.765. The Bertz CT molecular complexity index is 571. The lowest BCUT2D eigenvalue weighted by Crippen LogP contribution is -2.46. The fourth-order valence-corrected chi connectivity index (χ4v) is 3.18. The minimum absolute atomic E-state index is 0.00766. The van der Waals surface area contributed by atoms with Gasteiger partial charge in [-0.1, -0.05) is 6.92 Å².